The molecule has 0 spiro atoms. The van der Waals surface area contributed by atoms with Crippen molar-refractivity contribution in [1.29, 1.82) is 0 Å². The number of aryl methyl sites for hydroxylation is 1. The topological polar surface area (TPSA) is 29.9 Å². The molecule has 4 heteroatoms. The van der Waals surface area contributed by atoms with Gasteiger partial charge < -0.3 is 5.32 Å². The van der Waals surface area contributed by atoms with Gasteiger partial charge in [-0.3, -0.25) is 4.68 Å². The minimum Gasteiger partial charge on any atom is -0.307 e. The maximum Gasteiger partial charge on any atom is 0.0537 e. The van der Waals surface area contributed by atoms with Crippen LogP contribution in [0, 0.1) is 0 Å². The summed E-state index contributed by atoms with van der Waals surface area (Å²) in [6.45, 7) is 11.2. The molecule has 1 N–H and O–H groups in total. The molecular weight excluding hydrogens is 230 g/mol. The van der Waals surface area contributed by atoms with Crippen molar-refractivity contribution < 1.29 is 0 Å². The third-order valence-electron chi connectivity index (χ3n) is 2.53. The molecule has 0 aliphatic heterocycles. The largest absolute Gasteiger partial charge is 0.307 e. The van der Waals surface area contributed by atoms with Crippen molar-refractivity contribution in [2.24, 2.45) is 7.05 Å². The summed E-state index contributed by atoms with van der Waals surface area (Å²) < 4.78 is 2.19. The zero-order valence-corrected chi connectivity index (χ0v) is 12.6. The van der Waals surface area contributed by atoms with Crippen LogP contribution in [0.1, 0.15) is 46.2 Å². The Kier molecular flexibility index (Phi) is 5.07. The van der Waals surface area contributed by atoms with Crippen LogP contribution in [0.5, 0.6) is 0 Å². The Labute approximate surface area is 109 Å². The van der Waals surface area contributed by atoms with E-state index in [0.717, 1.165) is 5.75 Å². The first kappa shape index (κ1) is 14.6. The zero-order chi connectivity index (χ0) is 13.1. The highest BCUT2D eigenvalue weighted by atomic mass is 32.2. The summed E-state index contributed by atoms with van der Waals surface area (Å²) in [4.78, 5) is 0. The molecule has 0 aliphatic carbocycles. The standard InChI is InChI=1S/C13H25N3S/c1-10(9-17-13(3,4)5)15-11(2)12-7-14-16(6)8-12/h7-8,10-11,15H,9H2,1-6H3/t10-,11-/m1/s1. The molecule has 1 aromatic heterocycles. The SMILES string of the molecule is C[C@H](CSC(C)(C)C)N[C@H](C)c1cnn(C)c1. The highest BCUT2D eigenvalue weighted by Crippen LogP contribution is 2.24. The lowest BCUT2D eigenvalue weighted by molar-refractivity contribution is 0.510. The van der Waals surface area contributed by atoms with Gasteiger partial charge in [-0.1, -0.05) is 20.8 Å². The Morgan fingerprint density at radius 1 is 1.41 bits per heavy atom. The summed E-state index contributed by atoms with van der Waals surface area (Å²) in [7, 11) is 1.95. The van der Waals surface area contributed by atoms with Crippen LogP contribution in [0.4, 0.5) is 0 Å². The van der Waals surface area contributed by atoms with Crippen molar-refractivity contribution in [2.75, 3.05) is 5.75 Å². The summed E-state index contributed by atoms with van der Waals surface area (Å²) in [5.74, 6) is 1.13. The van der Waals surface area contributed by atoms with Gasteiger partial charge in [0.1, 0.15) is 0 Å². The van der Waals surface area contributed by atoms with E-state index in [1.165, 1.54) is 5.56 Å². The maximum absolute atomic E-state index is 4.20. The number of hydrogen-bond acceptors (Lipinski definition) is 3. The molecule has 0 aromatic carbocycles. The van der Waals surface area contributed by atoms with E-state index in [1.54, 1.807) is 0 Å². The molecule has 0 radical (unpaired) electrons. The van der Waals surface area contributed by atoms with Crippen LogP contribution in [0.2, 0.25) is 0 Å². The van der Waals surface area contributed by atoms with Crippen LogP contribution in [0.15, 0.2) is 12.4 Å². The summed E-state index contributed by atoms with van der Waals surface area (Å²) in [6, 6.07) is 0.869. The Bertz CT molecular complexity index is 341. The van der Waals surface area contributed by atoms with Crippen molar-refractivity contribution in [1.82, 2.24) is 15.1 Å². The third kappa shape index (κ3) is 5.59. The van der Waals surface area contributed by atoms with Crippen LogP contribution in [-0.2, 0) is 7.05 Å². The number of aromatic nitrogens is 2. The van der Waals surface area contributed by atoms with Crippen molar-refractivity contribution in [3.05, 3.63) is 18.0 Å². The predicted molar refractivity (Wildman–Crippen MR) is 76.4 cm³/mol. The average molecular weight is 255 g/mol. The lowest BCUT2D eigenvalue weighted by Gasteiger charge is -2.23. The summed E-state index contributed by atoms with van der Waals surface area (Å²) in [6.07, 6.45) is 4.00. The van der Waals surface area contributed by atoms with Gasteiger partial charge in [-0.2, -0.15) is 16.9 Å². The maximum atomic E-state index is 4.20. The molecule has 0 bridgehead atoms. The van der Waals surface area contributed by atoms with E-state index in [2.05, 4.69) is 51.2 Å². The number of hydrogen-bond donors (Lipinski definition) is 1. The predicted octanol–water partition coefficient (Wildman–Crippen LogP) is 2.99. The Balaban J connectivity index is 2.38. The highest BCUT2D eigenvalue weighted by Gasteiger charge is 2.15. The number of nitrogens with zero attached hydrogens (tertiary/aromatic N) is 2. The zero-order valence-electron chi connectivity index (χ0n) is 11.8. The molecule has 1 aromatic rings. The highest BCUT2D eigenvalue weighted by molar-refractivity contribution is 8.00. The molecule has 0 saturated carbocycles. The summed E-state index contributed by atoms with van der Waals surface area (Å²) in [5.41, 5.74) is 1.25. The summed E-state index contributed by atoms with van der Waals surface area (Å²) in [5, 5.41) is 7.81. The van der Waals surface area contributed by atoms with E-state index >= 15 is 0 Å². The number of thioether (sulfide) groups is 1. The van der Waals surface area contributed by atoms with Crippen LogP contribution in [-0.4, -0.2) is 26.3 Å². The van der Waals surface area contributed by atoms with E-state index in [-0.39, 0.29) is 0 Å². The van der Waals surface area contributed by atoms with Crippen LogP contribution in [0.25, 0.3) is 0 Å². The van der Waals surface area contributed by atoms with Crippen LogP contribution >= 0.6 is 11.8 Å². The monoisotopic (exact) mass is 255 g/mol. The van der Waals surface area contributed by atoms with Crippen LogP contribution < -0.4 is 5.32 Å². The number of rotatable bonds is 5. The van der Waals surface area contributed by atoms with Gasteiger partial charge in [0.25, 0.3) is 0 Å². The quantitative estimate of drug-likeness (QED) is 0.877. The fraction of sp³-hybridized carbons (Fsp3) is 0.769. The van der Waals surface area contributed by atoms with Crippen molar-refractivity contribution in [3.63, 3.8) is 0 Å². The molecule has 0 saturated heterocycles. The second kappa shape index (κ2) is 5.91. The molecule has 0 amide bonds. The molecular formula is C13H25N3S. The van der Waals surface area contributed by atoms with Crippen molar-refractivity contribution in [3.8, 4) is 0 Å². The normalized spacial score (nSPS) is 15.9. The molecule has 2 atom stereocenters. The second-order valence-corrected chi connectivity index (χ2v) is 7.51. The van der Waals surface area contributed by atoms with E-state index in [4.69, 9.17) is 0 Å². The van der Waals surface area contributed by atoms with Gasteiger partial charge in [-0.25, -0.2) is 0 Å². The Morgan fingerprint density at radius 2 is 2.06 bits per heavy atom. The smallest absolute Gasteiger partial charge is 0.0537 e. The van der Waals surface area contributed by atoms with Gasteiger partial charge in [-0.05, 0) is 13.8 Å². The second-order valence-electron chi connectivity index (χ2n) is 5.66. The molecule has 1 rings (SSSR count). The third-order valence-corrected chi connectivity index (χ3v) is 4.06. The Morgan fingerprint density at radius 3 is 2.53 bits per heavy atom. The molecule has 0 aliphatic rings. The summed E-state index contributed by atoms with van der Waals surface area (Å²) >= 11 is 2.00. The van der Waals surface area contributed by atoms with Gasteiger partial charge in [-0.15, -0.1) is 0 Å². The lowest BCUT2D eigenvalue weighted by Crippen LogP contribution is -2.32. The molecule has 1 heterocycles. The minimum absolute atomic E-state index is 0.341. The van der Waals surface area contributed by atoms with Gasteiger partial charge >= 0.3 is 0 Å². The molecule has 3 nitrogen and oxygen atoms in total. The van der Waals surface area contributed by atoms with Crippen molar-refractivity contribution in [2.45, 2.75) is 51.4 Å². The van der Waals surface area contributed by atoms with Gasteiger partial charge in [0, 0.05) is 41.4 Å². The van der Waals surface area contributed by atoms with E-state index in [9.17, 15) is 0 Å². The van der Waals surface area contributed by atoms with E-state index in [0.29, 0.717) is 16.8 Å². The number of nitrogens with one attached hydrogen (secondary N) is 1. The molecule has 0 unspecified atom stereocenters. The van der Waals surface area contributed by atoms with E-state index in [1.807, 2.05) is 29.7 Å². The fourth-order valence-corrected chi connectivity index (χ4v) is 2.46. The molecule has 0 fully saturated rings. The van der Waals surface area contributed by atoms with E-state index < -0.39 is 0 Å². The van der Waals surface area contributed by atoms with Gasteiger partial charge in [0.05, 0.1) is 6.20 Å². The Hall–Kier alpha value is -0.480. The first-order chi connectivity index (χ1) is 7.78. The minimum atomic E-state index is 0.341. The average Bonchev–Trinajstić information content (AvgIpc) is 2.61. The lowest BCUT2D eigenvalue weighted by atomic mass is 10.2. The molecule has 17 heavy (non-hydrogen) atoms. The van der Waals surface area contributed by atoms with Crippen molar-refractivity contribution >= 4 is 11.8 Å². The first-order valence-electron chi connectivity index (χ1n) is 6.16. The van der Waals surface area contributed by atoms with Gasteiger partial charge in [0.2, 0.25) is 0 Å². The molecule has 98 valence electrons. The van der Waals surface area contributed by atoms with Gasteiger partial charge in [0.15, 0.2) is 0 Å². The first-order valence-corrected chi connectivity index (χ1v) is 7.15. The fourth-order valence-electron chi connectivity index (χ4n) is 1.61. The van der Waals surface area contributed by atoms with Crippen LogP contribution in [0.3, 0.4) is 0 Å².